The van der Waals surface area contributed by atoms with E-state index in [0.29, 0.717) is 0 Å². The van der Waals surface area contributed by atoms with Crippen molar-refractivity contribution in [2.75, 3.05) is 12.0 Å². The molecule has 0 spiro atoms. The molecule has 3 nitrogen and oxygen atoms in total. The average molecular weight is 168 g/mol. The Kier molecular flexibility index (Phi) is 1.63. The van der Waals surface area contributed by atoms with Crippen LogP contribution < -0.4 is 10.6 Å². The summed E-state index contributed by atoms with van der Waals surface area (Å²) in [6.45, 7) is 1.60. The summed E-state index contributed by atoms with van der Waals surface area (Å²) in [7, 11) is 0. The Morgan fingerprint density at radius 2 is 2.55 bits per heavy atom. The van der Waals surface area contributed by atoms with Crippen LogP contribution >= 0.6 is 11.3 Å². The summed E-state index contributed by atoms with van der Waals surface area (Å²) in [6.07, 6.45) is 0.907. The highest BCUT2D eigenvalue weighted by Crippen LogP contribution is 2.28. The molecule has 11 heavy (non-hydrogen) atoms. The van der Waals surface area contributed by atoms with Crippen LogP contribution in [0.3, 0.4) is 0 Å². The lowest BCUT2D eigenvalue weighted by molar-refractivity contribution is 0.112. The molecular formula is C7H8N2OS. The minimum atomic E-state index is 0.797. The zero-order valence-corrected chi connectivity index (χ0v) is 6.70. The van der Waals surface area contributed by atoms with Crippen LogP contribution in [-0.2, 0) is 6.54 Å². The van der Waals surface area contributed by atoms with E-state index in [2.05, 4.69) is 10.6 Å². The van der Waals surface area contributed by atoms with Crippen molar-refractivity contribution in [3.8, 4) is 0 Å². The standard InChI is InChI=1S/C7H8N2OS/c10-2-5-3-11-7-6(5)1-8-4-9-7/h2-3,8-9H,1,4H2. The Balaban J connectivity index is 2.45. The van der Waals surface area contributed by atoms with Gasteiger partial charge in [0, 0.05) is 23.1 Å². The topological polar surface area (TPSA) is 41.1 Å². The van der Waals surface area contributed by atoms with E-state index in [0.717, 1.165) is 35.6 Å². The number of carbonyl (C=O) groups excluding carboxylic acids is 1. The number of anilines is 1. The van der Waals surface area contributed by atoms with E-state index in [4.69, 9.17) is 0 Å². The van der Waals surface area contributed by atoms with Gasteiger partial charge < -0.3 is 5.32 Å². The second-order valence-electron chi connectivity index (χ2n) is 2.40. The molecule has 0 fully saturated rings. The van der Waals surface area contributed by atoms with Crippen LogP contribution in [0.4, 0.5) is 5.00 Å². The third-order valence-electron chi connectivity index (χ3n) is 1.73. The van der Waals surface area contributed by atoms with E-state index in [-0.39, 0.29) is 0 Å². The number of nitrogens with one attached hydrogen (secondary N) is 2. The van der Waals surface area contributed by atoms with E-state index >= 15 is 0 Å². The van der Waals surface area contributed by atoms with Gasteiger partial charge in [-0.25, -0.2) is 0 Å². The van der Waals surface area contributed by atoms with Gasteiger partial charge in [0.15, 0.2) is 6.29 Å². The van der Waals surface area contributed by atoms with Crippen molar-refractivity contribution in [1.29, 1.82) is 0 Å². The maximum Gasteiger partial charge on any atom is 0.151 e. The lowest BCUT2D eigenvalue weighted by Gasteiger charge is -2.14. The van der Waals surface area contributed by atoms with Crippen LogP contribution in [0.5, 0.6) is 0 Å². The molecule has 58 valence electrons. The number of rotatable bonds is 1. The van der Waals surface area contributed by atoms with Crippen molar-refractivity contribution < 1.29 is 4.79 Å². The Bertz CT molecular complexity index is 282. The van der Waals surface area contributed by atoms with Crippen molar-refractivity contribution in [1.82, 2.24) is 5.32 Å². The van der Waals surface area contributed by atoms with Gasteiger partial charge in [0.1, 0.15) is 0 Å². The molecule has 1 aromatic rings. The van der Waals surface area contributed by atoms with Crippen LogP contribution in [0.15, 0.2) is 5.38 Å². The molecule has 4 heteroatoms. The van der Waals surface area contributed by atoms with Crippen molar-refractivity contribution in [2.45, 2.75) is 6.54 Å². The first-order valence-electron chi connectivity index (χ1n) is 3.42. The first-order chi connectivity index (χ1) is 5.42. The molecule has 2 rings (SSSR count). The van der Waals surface area contributed by atoms with E-state index in [9.17, 15) is 4.79 Å². The minimum absolute atomic E-state index is 0.797. The average Bonchev–Trinajstić information content (AvgIpc) is 2.47. The number of aldehydes is 1. The first kappa shape index (κ1) is 6.82. The van der Waals surface area contributed by atoms with E-state index in [1.54, 1.807) is 11.3 Å². The third kappa shape index (κ3) is 1.04. The van der Waals surface area contributed by atoms with Gasteiger partial charge in [0.05, 0.1) is 11.7 Å². The second kappa shape index (κ2) is 2.64. The summed E-state index contributed by atoms with van der Waals surface area (Å²) in [5.74, 6) is 0. The van der Waals surface area contributed by atoms with Crippen molar-refractivity contribution in [2.24, 2.45) is 0 Å². The highest BCUT2D eigenvalue weighted by molar-refractivity contribution is 7.14. The van der Waals surface area contributed by atoms with Gasteiger partial charge in [0.2, 0.25) is 0 Å². The molecule has 2 heterocycles. The van der Waals surface area contributed by atoms with Crippen molar-refractivity contribution in [3.63, 3.8) is 0 Å². The summed E-state index contributed by atoms with van der Waals surface area (Å²) < 4.78 is 0. The van der Waals surface area contributed by atoms with Crippen LogP contribution in [0, 0.1) is 0 Å². The first-order valence-corrected chi connectivity index (χ1v) is 4.30. The summed E-state index contributed by atoms with van der Waals surface area (Å²) in [6, 6.07) is 0. The summed E-state index contributed by atoms with van der Waals surface area (Å²) >= 11 is 1.59. The molecule has 0 atom stereocenters. The van der Waals surface area contributed by atoms with Crippen LogP contribution in [0.1, 0.15) is 15.9 Å². The van der Waals surface area contributed by atoms with Gasteiger partial charge >= 0.3 is 0 Å². The maximum atomic E-state index is 10.5. The van der Waals surface area contributed by atoms with Crippen molar-refractivity contribution in [3.05, 3.63) is 16.5 Å². The minimum Gasteiger partial charge on any atom is -0.364 e. The predicted octanol–water partition coefficient (Wildman–Crippen LogP) is 1.03. The summed E-state index contributed by atoms with van der Waals surface area (Å²) in [5, 5.41) is 9.32. The zero-order valence-electron chi connectivity index (χ0n) is 5.89. The SMILES string of the molecule is O=Cc1csc2c1CNCN2. The molecule has 0 amide bonds. The number of hydrogen-bond acceptors (Lipinski definition) is 4. The normalized spacial score (nSPS) is 15.3. The molecule has 0 saturated carbocycles. The van der Waals surface area contributed by atoms with E-state index in [1.807, 2.05) is 5.38 Å². The van der Waals surface area contributed by atoms with Gasteiger partial charge in [-0.3, -0.25) is 10.1 Å². The maximum absolute atomic E-state index is 10.5. The van der Waals surface area contributed by atoms with E-state index in [1.165, 1.54) is 0 Å². The second-order valence-corrected chi connectivity index (χ2v) is 3.28. The lowest BCUT2D eigenvalue weighted by Crippen LogP contribution is -2.26. The Morgan fingerprint density at radius 1 is 1.64 bits per heavy atom. The van der Waals surface area contributed by atoms with Crippen LogP contribution in [0.25, 0.3) is 0 Å². The fraction of sp³-hybridized carbons (Fsp3) is 0.286. The number of thiophene rings is 1. The number of hydrogen-bond donors (Lipinski definition) is 2. The molecule has 0 bridgehead atoms. The van der Waals surface area contributed by atoms with Gasteiger partial charge in [0.25, 0.3) is 0 Å². The fourth-order valence-electron chi connectivity index (χ4n) is 1.16. The van der Waals surface area contributed by atoms with Gasteiger partial charge in [-0.05, 0) is 0 Å². The van der Waals surface area contributed by atoms with Crippen LogP contribution in [-0.4, -0.2) is 13.0 Å². The molecule has 1 aliphatic rings. The molecule has 2 N–H and O–H groups in total. The largest absolute Gasteiger partial charge is 0.364 e. The van der Waals surface area contributed by atoms with Crippen molar-refractivity contribution >= 4 is 22.6 Å². The highest BCUT2D eigenvalue weighted by atomic mass is 32.1. The summed E-state index contributed by atoms with van der Waals surface area (Å²) in [4.78, 5) is 10.5. The van der Waals surface area contributed by atoms with E-state index < -0.39 is 0 Å². The smallest absolute Gasteiger partial charge is 0.151 e. The monoisotopic (exact) mass is 168 g/mol. The molecule has 1 aromatic heterocycles. The molecule has 0 saturated heterocycles. The molecule has 0 aromatic carbocycles. The van der Waals surface area contributed by atoms with Crippen LogP contribution in [0.2, 0.25) is 0 Å². The lowest BCUT2D eigenvalue weighted by atomic mass is 10.2. The van der Waals surface area contributed by atoms with Gasteiger partial charge in [-0.2, -0.15) is 0 Å². The molecule has 1 aliphatic heterocycles. The third-order valence-corrected chi connectivity index (χ3v) is 2.73. The molecule has 0 aliphatic carbocycles. The molecule has 0 unspecified atom stereocenters. The Labute approximate surface area is 68.4 Å². The highest BCUT2D eigenvalue weighted by Gasteiger charge is 2.13. The predicted molar refractivity (Wildman–Crippen MR) is 45.0 cm³/mol. The number of fused-ring (bicyclic) bond motifs is 1. The Morgan fingerprint density at radius 3 is 3.36 bits per heavy atom. The number of carbonyl (C=O) groups is 1. The van der Waals surface area contributed by atoms with Gasteiger partial charge in [-0.15, -0.1) is 11.3 Å². The quantitative estimate of drug-likeness (QED) is 0.615. The fourth-order valence-corrected chi connectivity index (χ4v) is 2.09. The Hall–Kier alpha value is -0.870. The molecular weight excluding hydrogens is 160 g/mol. The summed E-state index contributed by atoms with van der Waals surface area (Å²) in [5.41, 5.74) is 1.92. The molecule has 0 radical (unpaired) electrons. The van der Waals surface area contributed by atoms with Gasteiger partial charge in [-0.1, -0.05) is 0 Å². The zero-order chi connectivity index (χ0) is 7.68.